The molecule has 2 atom stereocenters. The molecule has 0 radical (unpaired) electrons. The Morgan fingerprint density at radius 2 is 2.21 bits per heavy atom. The molecule has 100 valence electrons. The molecule has 19 heavy (non-hydrogen) atoms. The number of carbonyl (C=O) groups is 1. The Morgan fingerprint density at radius 1 is 1.47 bits per heavy atom. The van der Waals surface area contributed by atoms with Crippen LogP contribution < -0.4 is 0 Å². The molecule has 0 aliphatic carbocycles. The maximum absolute atomic E-state index is 13.7. The number of rotatable bonds is 3. The lowest BCUT2D eigenvalue weighted by Crippen LogP contribution is -2.47. The van der Waals surface area contributed by atoms with Gasteiger partial charge < -0.3 is 4.90 Å². The second-order valence-electron chi connectivity index (χ2n) is 4.58. The van der Waals surface area contributed by atoms with Gasteiger partial charge in [-0.25, -0.2) is 4.39 Å². The van der Waals surface area contributed by atoms with Crippen molar-refractivity contribution < 1.29 is 9.18 Å². The molecule has 1 saturated heterocycles. The zero-order valence-electron chi connectivity index (χ0n) is 10.4. The number of alkyl halides is 1. The van der Waals surface area contributed by atoms with Crippen LogP contribution in [0.15, 0.2) is 35.4 Å². The second kappa shape index (κ2) is 6.20. The maximum atomic E-state index is 13.7. The van der Waals surface area contributed by atoms with Crippen LogP contribution in [-0.4, -0.2) is 36.1 Å². The summed E-state index contributed by atoms with van der Waals surface area (Å²) < 4.78 is 13.7. The van der Waals surface area contributed by atoms with Crippen molar-refractivity contribution in [2.24, 2.45) is 5.11 Å². The highest BCUT2D eigenvalue weighted by Crippen LogP contribution is 2.18. The van der Waals surface area contributed by atoms with Crippen molar-refractivity contribution in [1.82, 2.24) is 4.90 Å². The zero-order chi connectivity index (χ0) is 13.7. The molecular formula is C13H15FN4O. The standard InChI is InChI=1S/C13H15FN4O/c14-11-9-18(7-6-12(11)16-17-15)13(19)8-10-4-2-1-3-5-10/h1-5,11-12H,6-9H2. The summed E-state index contributed by atoms with van der Waals surface area (Å²) >= 11 is 0. The molecule has 0 aromatic heterocycles. The molecule has 2 rings (SSSR count). The SMILES string of the molecule is [N-]=[N+]=NC1CCN(C(=O)Cc2ccccc2)CC1F. The predicted octanol–water partition coefficient (Wildman–Crippen LogP) is 2.48. The number of nitrogens with zero attached hydrogens (tertiary/aromatic N) is 4. The van der Waals surface area contributed by atoms with Crippen LogP contribution in [0.4, 0.5) is 4.39 Å². The summed E-state index contributed by atoms with van der Waals surface area (Å²) in [4.78, 5) is 16.2. The quantitative estimate of drug-likeness (QED) is 0.468. The molecule has 1 aromatic rings. The van der Waals surface area contributed by atoms with E-state index in [4.69, 9.17) is 5.53 Å². The smallest absolute Gasteiger partial charge is 0.227 e. The third-order valence-electron chi connectivity index (χ3n) is 3.26. The molecular weight excluding hydrogens is 247 g/mol. The van der Waals surface area contributed by atoms with Crippen LogP contribution in [-0.2, 0) is 11.2 Å². The van der Waals surface area contributed by atoms with E-state index in [0.717, 1.165) is 5.56 Å². The van der Waals surface area contributed by atoms with Gasteiger partial charge in [-0.15, -0.1) is 0 Å². The molecule has 0 saturated carbocycles. The van der Waals surface area contributed by atoms with E-state index >= 15 is 0 Å². The van der Waals surface area contributed by atoms with Crippen LogP contribution in [0, 0.1) is 0 Å². The molecule has 1 aliphatic heterocycles. The molecule has 0 bridgehead atoms. The topological polar surface area (TPSA) is 69.1 Å². The van der Waals surface area contributed by atoms with Crippen LogP contribution in [0.2, 0.25) is 0 Å². The normalized spacial score (nSPS) is 22.7. The van der Waals surface area contributed by atoms with E-state index in [0.29, 0.717) is 13.0 Å². The summed E-state index contributed by atoms with van der Waals surface area (Å²) in [7, 11) is 0. The highest BCUT2D eigenvalue weighted by Gasteiger charge is 2.30. The fraction of sp³-hybridized carbons (Fsp3) is 0.462. The van der Waals surface area contributed by atoms with Gasteiger partial charge in [-0.1, -0.05) is 35.4 Å². The summed E-state index contributed by atoms with van der Waals surface area (Å²) in [6, 6.07) is 8.72. The van der Waals surface area contributed by atoms with Crippen LogP contribution in [0.5, 0.6) is 0 Å². The van der Waals surface area contributed by atoms with Crippen molar-refractivity contribution in [3.8, 4) is 0 Å². The lowest BCUT2D eigenvalue weighted by atomic mass is 10.0. The van der Waals surface area contributed by atoms with Crippen LogP contribution >= 0.6 is 0 Å². The molecule has 1 amide bonds. The average Bonchev–Trinajstić information content (AvgIpc) is 2.42. The number of hydrogen-bond acceptors (Lipinski definition) is 2. The monoisotopic (exact) mass is 262 g/mol. The number of azide groups is 1. The van der Waals surface area contributed by atoms with E-state index in [1.165, 1.54) is 4.90 Å². The first-order chi connectivity index (χ1) is 9.20. The van der Waals surface area contributed by atoms with E-state index in [1.807, 2.05) is 30.3 Å². The van der Waals surface area contributed by atoms with Gasteiger partial charge in [0.25, 0.3) is 0 Å². The van der Waals surface area contributed by atoms with Gasteiger partial charge in [0.2, 0.25) is 5.91 Å². The highest BCUT2D eigenvalue weighted by molar-refractivity contribution is 5.78. The Hall–Kier alpha value is -2.07. The van der Waals surface area contributed by atoms with Gasteiger partial charge in [0.15, 0.2) is 0 Å². The maximum Gasteiger partial charge on any atom is 0.227 e. The average molecular weight is 262 g/mol. The number of piperidine rings is 1. The molecule has 2 unspecified atom stereocenters. The lowest BCUT2D eigenvalue weighted by Gasteiger charge is -2.32. The summed E-state index contributed by atoms with van der Waals surface area (Å²) in [6.07, 6.45) is -0.615. The molecule has 6 heteroatoms. The minimum atomic E-state index is -1.27. The Labute approximate surface area is 110 Å². The van der Waals surface area contributed by atoms with Crippen LogP contribution in [0.25, 0.3) is 10.4 Å². The fourth-order valence-corrected chi connectivity index (χ4v) is 2.20. The molecule has 0 N–H and O–H groups in total. The number of hydrogen-bond donors (Lipinski definition) is 0. The van der Waals surface area contributed by atoms with Crippen LogP contribution in [0.3, 0.4) is 0 Å². The van der Waals surface area contributed by atoms with E-state index in [9.17, 15) is 9.18 Å². The van der Waals surface area contributed by atoms with E-state index in [1.54, 1.807) is 0 Å². The summed E-state index contributed by atoms with van der Waals surface area (Å²) in [5.74, 6) is -0.0896. The minimum absolute atomic E-state index is 0.00928. The number of benzene rings is 1. The van der Waals surface area contributed by atoms with Gasteiger partial charge in [0, 0.05) is 11.5 Å². The summed E-state index contributed by atoms with van der Waals surface area (Å²) in [5.41, 5.74) is 9.23. The van der Waals surface area contributed by atoms with Gasteiger partial charge in [-0.3, -0.25) is 4.79 Å². The van der Waals surface area contributed by atoms with Gasteiger partial charge in [-0.05, 0) is 17.5 Å². The van der Waals surface area contributed by atoms with Crippen molar-refractivity contribution in [3.05, 3.63) is 46.3 Å². The van der Waals surface area contributed by atoms with Gasteiger partial charge in [-0.2, -0.15) is 0 Å². The summed E-state index contributed by atoms with van der Waals surface area (Å²) in [6.45, 7) is 0.450. The second-order valence-corrected chi connectivity index (χ2v) is 4.58. The molecule has 1 aliphatic rings. The van der Waals surface area contributed by atoms with E-state index in [-0.39, 0.29) is 18.9 Å². The molecule has 0 spiro atoms. The number of halogens is 1. The van der Waals surface area contributed by atoms with Crippen molar-refractivity contribution in [2.75, 3.05) is 13.1 Å². The molecule has 5 nitrogen and oxygen atoms in total. The first-order valence-corrected chi connectivity index (χ1v) is 6.20. The third-order valence-corrected chi connectivity index (χ3v) is 3.26. The van der Waals surface area contributed by atoms with Crippen molar-refractivity contribution in [1.29, 1.82) is 0 Å². The van der Waals surface area contributed by atoms with E-state index < -0.39 is 12.2 Å². The molecule has 1 heterocycles. The Morgan fingerprint density at radius 3 is 2.84 bits per heavy atom. The Kier molecular flexibility index (Phi) is 4.36. The zero-order valence-corrected chi connectivity index (χ0v) is 10.4. The van der Waals surface area contributed by atoms with Crippen molar-refractivity contribution in [3.63, 3.8) is 0 Å². The highest BCUT2D eigenvalue weighted by atomic mass is 19.1. The van der Waals surface area contributed by atoms with Crippen molar-refractivity contribution >= 4 is 5.91 Å². The molecule has 1 fully saturated rings. The lowest BCUT2D eigenvalue weighted by molar-refractivity contribution is -0.132. The fourth-order valence-electron chi connectivity index (χ4n) is 2.20. The third kappa shape index (κ3) is 3.45. The van der Waals surface area contributed by atoms with Crippen molar-refractivity contribution in [2.45, 2.75) is 25.1 Å². The Bertz CT molecular complexity index is 487. The predicted molar refractivity (Wildman–Crippen MR) is 69.2 cm³/mol. The Balaban J connectivity index is 1.93. The number of likely N-dealkylation sites (tertiary alicyclic amines) is 1. The van der Waals surface area contributed by atoms with Gasteiger partial charge in [0.1, 0.15) is 6.17 Å². The summed E-state index contributed by atoms with van der Waals surface area (Å²) in [5, 5.41) is 3.41. The first kappa shape index (κ1) is 13.4. The van der Waals surface area contributed by atoms with Gasteiger partial charge >= 0.3 is 0 Å². The van der Waals surface area contributed by atoms with Crippen LogP contribution in [0.1, 0.15) is 12.0 Å². The first-order valence-electron chi connectivity index (χ1n) is 6.20. The van der Waals surface area contributed by atoms with Gasteiger partial charge in [0.05, 0.1) is 19.0 Å². The molecule has 1 aromatic carbocycles. The number of carbonyl (C=O) groups excluding carboxylic acids is 1. The largest absolute Gasteiger partial charge is 0.339 e. The van der Waals surface area contributed by atoms with E-state index in [2.05, 4.69) is 10.0 Å². The minimum Gasteiger partial charge on any atom is -0.339 e. The number of amides is 1.